The standard InChI is InChI=1S/C25H24N6O3/c1-30-6-8-31(9-7-30)16-3-5-18-20(13-16)29-24(26-18)14-2-4-17-19(10-14)28-25(27-17)15-11-21(32)23(34)22(33)12-15/h2-5,10-13,32-34H,6-9H2,1H3,(H,26,29)(H,27,28). The predicted molar refractivity (Wildman–Crippen MR) is 131 cm³/mol. The molecular formula is C25H24N6O3. The van der Waals surface area contributed by atoms with Crippen molar-refractivity contribution in [1.29, 1.82) is 0 Å². The average molecular weight is 457 g/mol. The molecule has 0 radical (unpaired) electrons. The van der Waals surface area contributed by atoms with E-state index in [1.54, 1.807) is 0 Å². The molecule has 1 saturated heterocycles. The molecule has 3 aromatic carbocycles. The fourth-order valence-corrected chi connectivity index (χ4v) is 4.43. The summed E-state index contributed by atoms with van der Waals surface area (Å²) in [5, 5.41) is 29.2. The monoisotopic (exact) mass is 456 g/mol. The molecule has 3 heterocycles. The van der Waals surface area contributed by atoms with Crippen molar-refractivity contribution in [3.63, 3.8) is 0 Å². The van der Waals surface area contributed by atoms with Crippen molar-refractivity contribution in [2.45, 2.75) is 0 Å². The molecule has 0 unspecified atom stereocenters. The van der Waals surface area contributed by atoms with E-state index < -0.39 is 17.2 Å². The predicted octanol–water partition coefficient (Wildman–Crippen LogP) is 3.64. The van der Waals surface area contributed by atoms with Gasteiger partial charge in [-0.25, -0.2) is 9.97 Å². The smallest absolute Gasteiger partial charge is 0.200 e. The third kappa shape index (κ3) is 3.46. The molecule has 1 fully saturated rings. The lowest BCUT2D eigenvalue weighted by atomic mass is 10.2. The van der Waals surface area contributed by atoms with E-state index in [2.05, 4.69) is 50.0 Å². The van der Waals surface area contributed by atoms with Gasteiger partial charge in [-0.1, -0.05) is 0 Å². The van der Waals surface area contributed by atoms with E-state index in [0.717, 1.165) is 59.6 Å². The molecule has 0 spiro atoms. The first kappa shape index (κ1) is 20.4. The zero-order valence-corrected chi connectivity index (χ0v) is 18.6. The number of hydrogen-bond donors (Lipinski definition) is 5. The number of aromatic nitrogens is 4. The van der Waals surface area contributed by atoms with Gasteiger partial charge in [-0.2, -0.15) is 0 Å². The van der Waals surface area contributed by atoms with Crippen LogP contribution in [0, 0.1) is 0 Å². The number of nitrogens with one attached hydrogen (secondary N) is 2. The van der Waals surface area contributed by atoms with Gasteiger partial charge in [0.05, 0.1) is 22.1 Å². The average Bonchev–Trinajstić information content (AvgIpc) is 3.46. The highest BCUT2D eigenvalue weighted by molar-refractivity contribution is 5.87. The Morgan fingerprint density at radius 2 is 1.29 bits per heavy atom. The summed E-state index contributed by atoms with van der Waals surface area (Å²) < 4.78 is 0. The number of phenolic OH excluding ortho intramolecular Hbond substituents is 3. The number of hydrogen-bond acceptors (Lipinski definition) is 7. The highest BCUT2D eigenvalue weighted by Crippen LogP contribution is 2.38. The van der Waals surface area contributed by atoms with Gasteiger partial charge in [0.15, 0.2) is 17.2 Å². The van der Waals surface area contributed by atoms with Crippen LogP contribution in [-0.2, 0) is 0 Å². The van der Waals surface area contributed by atoms with E-state index in [1.165, 1.54) is 17.8 Å². The van der Waals surface area contributed by atoms with Gasteiger partial charge in [0.2, 0.25) is 0 Å². The molecule has 0 aliphatic carbocycles. The third-order valence-electron chi connectivity index (χ3n) is 6.43. The number of aromatic amines is 2. The summed E-state index contributed by atoms with van der Waals surface area (Å²) in [6, 6.07) is 14.9. The fraction of sp³-hybridized carbons (Fsp3) is 0.200. The zero-order valence-electron chi connectivity index (χ0n) is 18.6. The zero-order chi connectivity index (χ0) is 23.4. The van der Waals surface area contributed by atoms with E-state index >= 15 is 0 Å². The molecule has 5 N–H and O–H groups in total. The number of fused-ring (bicyclic) bond motifs is 2. The van der Waals surface area contributed by atoms with Crippen molar-refractivity contribution in [1.82, 2.24) is 24.8 Å². The molecule has 172 valence electrons. The van der Waals surface area contributed by atoms with E-state index in [4.69, 9.17) is 4.98 Å². The lowest BCUT2D eigenvalue weighted by molar-refractivity contribution is 0.313. The van der Waals surface area contributed by atoms with Crippen molar-refractivity contribution in [3.05, 3.63) is 48.5 Å². The maximum Gasteiger partial charge on any atom is 0.200 e. The van der Waals surface area contributed by atoms with Gasteiger partial charge in [0.1, 0.15) is 11.6 Å². The molecule has 1 aliphatic heterocycles. The molecule has 0 saturated carbocycles. The Balaban J connectivity index is 1.33. The Kier molecular flexibility index (Phi) is 4.59. The van der Waals surface area contributed by atoms with Crippen LogP contribution in [-0.4, -0.2) is 73.4 Å². The first-order chi connectivity index (χ1) is 16.4. The summed E-state index contributed by atoms with van der Waals surface area (Å²) in [6.07, 6.45) is 0. The van der Waals surface area contributed by atoms with Crippen LogP contribution >= 0.6 is 0 Å². The number of imidazole rings is 2. The molecule has 34 heavy (non-hydrogen) atoms. The van der Waals surface area contributed by atoms with Gasteiger partial charge >= 0.3 is 0 Å². The molecule has 9 nitrogen and oxygen atoms in total. The Bertz CT molecular complexity index is 1510. The van der Waals surface area contributed by atoms with Gasteiger partial charge in [0.25, 0.3) is 0 Å². The Labute approximate surface area is 194 Å². The third-order valence-corrected chi connectivity index (χ3v) is 6.43. The minimum absolute atomic E-state index is 0.408. The SMILES string of the molecule is CN1CCN(c2ccc3nc(-c4ccc5nc(-c6cc(O)c(O)c(O)c6)[nH]c5c4)[nH]c3c2)CC1. The minimum atomic E-state index is -0.553. The van der Waals surface area contributed by atoms with E-state index in [9.17, 15) is 15.3 Å². The number of piperazine rings is 1. The Hall–Kier alpha value is -4.24. The van der Waals surface area contributed by atoms with Crippen molar-refractivity contribution >= 4 is 27.8 Å². The number of phenols is 3. The van der Waals surface area contributed by atoms with Crippen molar-refractivity contribution in [2.75, 3.05) is 38.1 Å². The summed E-state index contributed by atoms with van der Waals surface area (Å²) in [6.45, 7) is 4.14. The molecule has 0 amide bonds. The number of nitrogens with zero attached hydrogens (tertiary/aromatic N) is 4. The summed E-state index contributed by atoms with van der Waals surface area (Å²) >= 11 is 0. The second kappa shape index (κ2) is 7.67. The Morgan fingerprint density at radius 1 is 0.706 bits per heavy atom. The van der Waals surface area contributed by atoms with Gasteiger partial charge in [-0.15, -0.1) is 0 Å². The normalized spacial score (nSPS) is 14.9. The second-order valence-corrected chi connectivity index (χ2v) is 8.76. The Morgan fingerprint density at radius 3 is 1.97 bits per heavy atom. The van der Waals surface area contributed by atoms with Gasteiger partial charge in [-0.3, -0.25) is 0 Å². The highest BCUT2D eigenvalue weighted by atomic mass is 16.3. The maximum absolute atomic E-state index is 9.82. The first-order valence-corrected chi connectivity index (χ1v) is 11.1. The van der Waals surface area contributed by atoms with Crippen molar-refractivity contribution in [2.24, 2.45) is 0 Å². The summed E-state index contributed by atoms with van der Waals surface area (Å²) in [4.78, 5) is 20.7. The molecule has 2 aromatic heterocycles. The summed E-state index contributed by atoms with van der Waals surface area (Å²) in [5.41, 5.74) is 6.00. The molecule has 9 heteroatoms. The first-order valence-electron chi connectivity index (χ1n) is 11.1. The largest absolute Gasteiger partial charge is 0.504 e. The van der Waals surface area contributed by atoms with Crippen LogP contribution in [0.25, 0.3) is 44.8 Å². The fourth-order valence-electron chi connectivity index (χ4n) is 4.43. The number of H-pyrrole nitrogens is 2. The maximum atomic E-state index is 9.82. The number of aromatic hydroxyl groups is 3. The van der Waals surface area contributed by atoms with E-state index in [0.29, 0.717) is 11.4 Å². The molecule has 6 rings (SSSR count). The second-order valence-electron chi connectivity index (χ2n) is 8.76. The lowest BCUT2D eigenvalue weighted by Gasteiger charge is -2.34. The summed E-state index contributed by atoms with van der Waals surface area (Å²) in [7, 11) is 2.15. The van der Waals surface area contributed by atoms with Crippen LogP contribution in [0.4, 0.5) is 5.69 Å². The molecule has 0 bridgehead atoms. The van der Waals surface area contributed by atoms with Gasteiger partial charge in [0, 0.05) is 43.0 Å². The van der Waals surface area contributed by atoms with Crippen molar-refractivity contribution < 1.29 is 15.3 Å². The van der Waals surface area contributed by atoms with Gasteiger partial charge < -0.3 is 35.1 Å². The molecule has 1 aliphatic rings. The molecule has 0 atom stereocenters. The topological polar surface area (TPSA) is 125 Å². The number of benzene rings is 3. The number of likely N-dealkylation sites (N-methyl/N-ethyl adjacent to an activating group) is 1. The number of anilines is 1. The van der Waals surface area contributed by atoms with Crippen LogP contribution < -0.4 is 4.90 Å². The molecule has 5 aromatic rings. The van der Waals surface area contributed by atoms with Crippen LogP contribution in [0.1, 0.15) is 0 Å². The quantitative estimate of drug-likeness (QED) is 0.263. The van der Waals surface area contributed by atoms with Crippen LogP contribution in [0.2, 0.25) is 0 Å². The van der Waals surface area contributed by atoms with Crippen LogP contribution in [0.5, 0.6) is 17.2 Å². The van der Waals surface area contributed by atoms with Crippen molar-refractivity contribution in [3.8, 4) is 40.0 Å². The van der Waals surface area contributed by atoms with E-state index in [1.807, 2.05) is 18.2 Å². The molecular weight excluding hydrogens is 432 g/mol. The summed E-state index contributed by atoms with van der Waals surface area (Å²) in [5.74, 6) is -0.130. The lowest BCUT2D eigenvalue weighted by Crippen LogP contribution is -2.44. The number of rotatable bonds is 3. The van der Waals surface area contributed by atoms with Crippen LogP contribution in [0.15, 0.2) is 48.5 Å². The highest BCUT2D eigenvalue weighted by Gasteiger charge is 2.16. The minimum Gasteiger partial charge on any atom is -0.504 e. The van der Waals surface area contributed by atoms with E-state index in [-0.39, 0.29) is 0 Å². The van der Waals surface area contributed by atoms with Crippen LogP contribution in [0.3, 0.4) is 0 Å². The van der Waals surface area contributed by atoms with Gasteiger partial charge in [-0.05, 0) is 55.6 Å².